The Kier molecular flexibility index (Phi) is 8.01. The molecule has 0 radical (unpaired) electrons. The number of halogens is 2. The lowest BCUT2D eigenvalue weighted by Crippen LogP contribution is -2.44. The summed E-state index contributed by atoms with van der Waals surface area (Å²) in [5.74, 6) is -4.04. The highest BCUT2D eigenvalue weighted by molar-refractivity contribution is 9.10. The van der Waals surface area contributed by atoms with Crippen molar-refractivity contribution in [1.82, 2.24) is 21.3 Å². The highest BCUT2D eigenvalue weighted by Crippen LogP contribution is 2.19. The topological polar surface area (TPSA) is 134 Å². The summed E-state index contributed by atoms with van der Waals surface area (Å²) in [5.41, 5.74) is 7.24. The number of hydrogen-bond donors (Lipinski definition) is 3. The van der Waals surface area contributed by atoms with Crippen LogP contribution in [-0.2, 0) is 19.1 Å². The van der Waals surface area contributed by atoms with Crippen LogP contribution in [0.3, 0.4) is 0 Å². The van der Waals surface area contributed by atoms with Crippen LogP contribution in [0, 0.1) is 5.92 Å². The molecule has 1 fully saturated rings. The fraction of sp³-hybridized carbons (Fsp3) is 0.190. The van der Waals surface area contributed by atoms with Crippen molar-refractivity contribution in [2.24, 2.45) is 5.92 Å². The van der Waals surface area contributed by atoms with E-state index in [0.717, 1.165) is 9.48 Å². The summed E-state index contributed by atoms with van der Waals surface area (Å²) in [6, 6.07) is 12.8. The van der Waals surface area contributed by atoms with Crippen molar-refractivity contribution >= 4 is 57.1 Å². The van der Waals surface area contributed by atoms with E-state index in [0.29, 0.717) is 5.56 Å². The number of carbonyl (C=O) groups is 5. The van der Waals surface area contributed by atoms with E-state index in [9.17, 15) is 24.0 Å². The second-order valence-corrected chi connectivity index (χ2v) is 8.27. The van der Waals surface area contributed by atoms with E-state index in [-0.39, 0.29) is 23.6 Å². The molecule has 172 valence electrons. The fourth-order valence-corrected chi connectivity index (χ4v) is 3.38. The SMILES string of the molecule is O=C(COC(=O)[C@H]1CC(=O)N(NC(=O)c2ccccc2Cl)C1)NNC(=O)c1ccc(Br)cc1. The molecule has 0 spiro atoms. The van der Waals surface area contributed by atoms with Gasteiger partial charge in [-0.15, -0.1) is 0 Å². The van der Waals surface area contributed by atoms with Crippen LogP contribution in [0.15, 0.2) is 53.0 Å². The molecule has 0 aromatic heterocycles. The summed E-state index contributed by atoms with van der Waals surface area (Å²) in [6.45, 7) is -0.772. The van der Waals surface area contributed by atoms with Crippen LogP contribution in [0.5, 0.6) is 0 Å². The Bertz CT molecular complexity index is 1090. The van der Waals surface area contributed by atoms with Gasteiger partial charge in [0.25, 0.3) is 17.7 Å². The second kappa shape index (κ2) is 10.9. The Hall–Kier alpha value is -3.44. The lowest BCUT2D eigenvalue weighted by Gasteiger charge is -2.18. The summed E-state index contributed by atoms with van der Waals surface area (Å²) in [6.07, 6.45) is -0.191. The lowest BCUT2D eigenvalue weighted by molar-refractivity contribution is -0.152. The van der Waals surface area contributed by atoms with Gasteiger partial charge in [-0.05, 0) is 36.4 Å². The van der Waals surface area contributed by atoms with E-state index in [2.05, 4.69) is 32.2 Å². The molecular formula is C21H18BrClN4O6. The molecule has 1 atom stereocenters. The van der Waals surface area contributed by atoms with Gasteiger partial charge in [0.15, 0.2) is 6.61 Å². The molecule has 1 aliphatic rings. The zero-order valence-electron chi connectivity index (χ0n) is 17.0. The van der Waals surface area contributed by atoms with Gasteiger partial charge in [-0.1, -0.05) is 39.7 Å². The van der Waals surface area contributed by atoms with Crippen molar-refractivity contribution in [3.05, 3.63) is 69.2 Å². The monoisotopic (exact) mass is 536 g/mol. The van der Waals surface area contributed by atoms with E-state index >= 15 is 0 Å². The van der Waals surface area contributed by atoms with E-state index in [1.54, 1.807) is 36.4 Å². The third-order valence-electron chi connectivity index (χ3n) is 4.58. The molecule has 0 saturated carbocycles. The van der Waals surface area contributed by atoms with Crippen molar-refractivity contribution in [2.45, 2.75) is 6.42 Å². The molecular weight excluding hydrogens is 520 g/mol. The molecule has 1 saturated heterocycles. The smallest absolute Gasteiger partial charge is 0.311 e. The first kappa shape index (κ1) is 24.2. The number of hydrogen-bond acceptors (Lipinski definition) is 6. The van der Waals surface area contributed by atoms with E-state index < -0.39 is 42.1 Å². The number of benzene rings is 2. The number of hydrazine groups is 2. The number of ether oxygens (including phenoxy) is 1. The first-order valence-electron chi connectivity index (χ1n) is 9.62. The Balaban J connectivity index is 1.43. The minimum Gasteiger partial charge on any atom is -0.455 e. The van der Waals surface area contributed by atoms with Gasteiger partial charge >= 0.3 is 5.97 Å². The number of nitrogens with zero attached hydrogens (tertiary/aromatic N) is 1. The normalized spacial score (nSPS) is 15.0. The quantitative estimate of drug-likeness (QED) is 0.379. The summed E-state index contributed by atoms with van der Waals surface area (Å²) in [5, 5.41) is 1.23. The van der Waals surface area contributed by atoms with Crippen LogP contribution in [-0.4, -0.2) is 47.8 Å². The molecule has 0 bridgehead atoms. The number of esters is 1. The maximum atomic E-state index is 12.3. The third kappa shape index (κ3) is 6.53. The van der Waals surface area contributed by atoms with E-state index in [1.165, 1.54) is 12.1 Å². The summed E-state index contributed by atoms with van der Waals surface area (Å²) < 4.78 is 5.72. The number of carbonyl (C=O) groups excluding carboxylic acids is 5. The van der Waals surface area contributed by atoms with Crippen LogP contribution in [0.25, 0.3) is 0 Å². The Morgan fingerprint density at radius 1 is 1.03 bits per heavy atom. The predicted octanol–water partition coefficient (Wildman–Crippen LogP) is 1.60. The van der Waals surface area contributed by atoms with Gasteiger partial charge < -0.3 is 4.74 Å². The molecule has 3 rings (SSSR count). The van der Waals surface area contributed by atoms with Gasteiger partial charge in [-0.3, -0.25) is 45.3 Å². The van der Waals surface area contributed by atoms with Crippen LogP contribution in [0.1, 0.15) is 27.1 Å². The van der Waals surface area contributed by atoms with Gasteiger partial charge in [0.05, 0.1) is 23.0 Å². The predicted molar refractivity (Wildman–Crippen MR) is 119 cm³/mol. The summed E-state index contributed by atoms with van der Waals surface area (Å²) >= 11 is 9.22. The summed E-state index contributed by atoms with van der Waals surface area (Å²) in [7, 11) is 0. The number of amides is 4. The third-order valence-corrected chi connectivity index (χ3v) is 5.44. The molecule has 33 heavy (non-hydrogen) atoms. The number of rotatable bonds is 6. The van der Waals surface area contributed by atoms with E-state index in [4.69, 9.17) is 16.3 Å². The molecule has 0 unspecified atom stereocenters. The van der Waals surface area contributed by atoms with Crippen LogP contribution >= 0.6 is 27.5 Å². The average Bonchev–Trinajstić information content (AvgIpc) is 3.16. The number of nitrogens with one attached hydrogen (secondary N) is 3. The molecule has 1 aliphatic heterocycles. The minimum atomic E-state index is -0.866. The zero-order valence-corrected chi connectivity index (χ0v) is 19.3. The van der Waals surface area contributed by atoms with Gasteiger partial charge in [0.2, 0.25) is 5.91 Å². The van der Waals surface area contributed by atoms with Crippen molar-refractivity contribution in [3.63, 3.8) is 0 Å². The summed E-state index contributed by atoms with van der Waals surface area (Å²) in [4.78, 5) is 60.5. The molecule has 12 heteroatoms. The Morgan fingerprint density at radius 2 is 1.73 bits per heavy atom. The lowest BCUT2D eigenvalue weighted by atomic mass is 10.1. The second-order valence-electron chi connectivity index (χ2n) is 6.94. The Labute approximate surface area is 201 Å². The average molecular weight is 538 g/mol. The molecule has 1 heterocycles. The molecule has 10 nitrogen and oxygen atoms in total. The van der Waals surface area contributed by atoms with Gasteiger partial charge in [0.1, 0.15) is 0 Å². The largest absolute Gasteiger partial charge is 0.455 e. The van der Waals surface area contributed by atoms with Crippen molar-refractivity contribution in [3.8, 4) is 0 Å². The standard InChI is InChI=1S/C21H18BrClN4O6/c22-14-7-5-12(6-8-14)19(30)25-24-17(28)11-33-21(32)13-9-18(29)27(10-13)26-20(31)15-3-1-2-4-16(15)23/h1-8,13H,9-11H2,(H,24,28)(H,25,30)(H,26,31)/t13-/m0/s1. The van der Waals surface area contributed by atoms with Crippen molar-refractivity contribution in [1.29, 1.82) is 0 Å². The Morgan fingerprint density at radius 3 is 2.42 bits per heavy atom. The van der Waals surface area contributed by atoms with Crippen LogP contribution in [0.4, 0.5) is 0 Å². The van der Waals surface area contributed by atoms with Gasteiger partial charge in [-0.25, -0.2) is 0 Å². The van der Waals surface area contributed by atoms with Crippen LogP contribution < -0.4 is 16.3 Å². The van der Waals surface area contributed by atoms with Crippen molar-refractivity contribution in [2.75, 3.05) is 13.2 Å². The molecule has 4 amide bonds. The van der Waals surface area contributed by atoms with Crippen molar-refractivity contribution < 1.29 is 28.7 Å². The maximum Gasteiger partial charge on any atom is 0.311 e. The first-order valence-corrected chi connectivity index (χ1v) is 10.8. The fourth-order valence-electron chi connectivity index (χ4n) is 2.89. The molecule has 0 aliphatic carbocycles. The zero-order chi connectivity index (χ0) is 24.0. The van der Waals surface area contributed by atoms with E-state index in [1.807, 2.05) is 0 Å². The highest BCUT2D eigenvalue weighted by atomic mass is 79.9. The maximum absolute atomic E-state index is 12.3. The highest BCUT2D eigenvalue weighted by Gasteiger charge is 2.37. The molecule has 2 aromatic carbocycles. The molecule has 2 aromatic rings. The van der Waals surface area contributed by atoms with Crippen LogP contribution in [0.2, 0.25) is 5.02 Å². The molecule has 3 N–H and O–H groups in total. The first-order chi connectivity index (χ1) is 15.7. The van der Waals surface area contributed by atoms with Gasteiger partial charge in [0, 0.05) is 16.5 Å². The van der Waals surface area contributed by atoms with Gasteiger partial charge in [-0.2, -0.15) is 0 Å². The minimum absolute atomic E-state index is 0.115.